The summed E-state index contributed by atoms with van der Waals surface area (Å²) in [5.74, 6) is 1.12. The molecule has 0 aliphatic heterocycles. The zero-order chi connectivity index (χ0) is 19.9. The standard InChI is InChI=1S/C23H42O4/c1-5-6-9-12-20(25-2)17-15-19-16-18-22(26-3)21(19)13-10-7-8-11-14-23(24)27-4/h15,17,19-22H,5-14,16,18H2,1-4H3/b17-15+. The molecule has 0 spiro atoms. The third-order valence-electron chi connectivity index (χ3n) is 5.98. The van der Waals surface area contributed by atoms with Crippen LogP contribution >= 0.6 is 0 Å². The fourth-order valence-corrected chi connectivity index (χ4v) is 4.25. The molecule has 1 aliphatic rings. The molecule has 27 heavy (non-hydrogen) atoms. The van der Waals surface area contributed by atoms with Crippen LogP contribution in [0.15, 0.2) is 12.2 Å². The second-order valence-corrected chi connectivity index (χ2v) is 7.86. The van der Waals surface area contributed by atoms with Crippen molar-refractivity contribution in [2.45, 2.75) is 96.2 Å². The number of rotatable bonds is 15. The van der Waals surface area contributed by atoms with Gasteiger partial charge in [0.1, 0.15) is 0 Å². The highest BCUT2D eigenvalue weighted by Gasteiger charge is 2.34. The minimum absolute atomic E-state index is 0.0953. The molecule has 0 amide bonds. The average molecular weight is 383 g/mol. The van der Waals surface area contributed by atoms with Crippen LogP contribution in [0.25, 0.3) is 0 Å². The zero-order valence-electron chi connectivity index (χ0n) is 18.1. The van der Waals surface area contributed by atoms with E-state index in [9.17, 15) is 4.79 Å². The van der Waals surface area contributed by atoms with E-state index in [0.717, 1.165) is 25.7 Å². The van der Waals surface area contributed by atoms with E-state index in [0.29, 0.717) is 24.4 Å². The van der Waals surface area contributed by atoms with Crippen molar-refractivity contribution in [1.82, 2.24) is 0 Å². The Labute approximate surface area is 167 Å². The predicted octanol–water partition coefficient (Wildman–Crippen LogP) is 5.69. The second kappa shape index (κ2) is 15.1. The van der Waals surface area contributed by atoms with Crippen molar-refractivity contribution in [1.29, 1.82) is 0 Å². The molecule has 0 aromatic carbocycles. The Morgan fingerprint density at radius 1 is 1.04 bits per heavy atom. The molecule has 4 atom stereocenters. The van der Waals surface area contributed by atoms with Crippen molar-refractivity contribution in [3.63, 3.8) is 0 Å². The number of hydrogen-bond donors (Lipinski definition) is 0. The van der Waals surface area contributed by atoms with Gasteiger partial charge in [0.2, 0.25) is 0 Å². The Bertz CT molecular complexity index is 407. The van der Waals surface area contributed by atoms with E-state index in [-0.39, 0.29) is 12.1 Å². The quantitative estimate of drug-likeness (QED) is 0.207. The molecule has 158 valence electrons. The number of methoxy groups -OCH3 is 3. The summed E-state index contributed by atoms with van der Waals surface area (Å²) < 4.78 is 16.1. The summed E-state index contributed by atoms with van der Waals surface area (Å²) in [5, 5.41) is 0. The number of esters is 1. The zero-order valence-corrected chi connectivity index (χ0v) is 18.1. The lowest BCUT2D eigenvalue weighted by atomic mass is 9.88. The average Bonchev–Trinajstić information content (AvgIpc) is 3.08. The van der Waals surface area contributed by atoms with Crippen LogP contribution in [-0.4, -0.2) is 39.5 Å². The van der Waals surface area contributed by atoms with Gasteiger partial charge in [0, 0.05) is 20.6 Å². The molecule has 1 fully saturated rings. The van der Waals surface area contributed by atoms with Crippen molar-refractivity contribution in [3.05, 3.63) is 12.2 Å². The largest absolute Gasteiger partial charge is 0.469 e. The van der Waals surface area contributed by atoms with Crippen molar-refractivity contribution >= 4 is 5.97 Å². The molecular weight excluding hydrogens is 340 g/mol. The number of hydrogen-bond acceptors (Lipinski definition) is 4. The highest BCUT2D eigenvalue weighted by atomic mass is 16.5. The molecule has 1 saturated carbocycles. The maximum Gasteiger partial charge on any atom is 0.305 e. The van der Waals surface area contributed by atoms with Crippen LogP contribution in [0.4, 0.5) is 0 Å². The summed E-state index contributed by atoms with van der Waals surface area (Å²) in [6, 6.07) is 0. The molecule has 0 N–H and O–H groups in total. The summed E-state index contributed by atoms with van der Waals surface area (Å²) in [4.78, 5) is 11.2. The number of unbranched alkanes of at least 4 members (excludes halogenated alkanes) is 5. The smallest absolute Gasteiger partial charge is 0.305 e. The van der Waals surface area contributed by atoms with Crippen molar-refractivity contribution < 1.29 is 19.0 Å². The first-order valence-corrected chi connectivity index (χ1v) is 11.0. The Morgan fingerprint density at radius 2 is 1.81 bits per heavy atom. The van der Waals surface area contributed by atoms with Gasteiger partial charge in [-0.15, -0.1) is 0 Å². The molecule has 1 rings (SSSR count). The van der Waals surface area contributed by atoms with E-state index in [1.165, 1.54) is 52.1 Å². The van der Waals surface area contributed by atoms with Gasteiger partial charge in [0.05, 0.1) is 19.3 Å². The Kier molecular flexibility index (Phi) is 13.5. The van der Waals surface area contributed by atoms with Gasteiger partial charge < -0.3 is 14.2 Å². The second-order valence-electron chi connectivity index (χ2n) is 7.86. The van der Waals surface area contributed by atoms with Crippen molar-refractivity contribution in [3.8, 4) is 0 Å². The molecular formula is C23H42O4. The topological polar surface area (TPSA) is 44.8 Å². The molecule has 4 unspecified atom stereocenters. The summed E-state index contributed by atoms with van der Waals surface area (Å²) in [6.45, 7) is 2.24. The van der Waals surface area contributed by atoms with E-state index in [1.807, 2.05) is 14.2 Å². The summed E-state index contributed by atoms with van der Waals surface area (Å²) in [6.07, 6.45) is 18.8. The monoisotopic (exact) mass is 382 g/mol. The molecule has 1 aliphatic carbocycles. The third-order valence-corrected chi connectivity index (χ3v) is 5.98. The van der Waals surface area contributed by atoms with Gasteiger partial charge in [-0.3, -0.25) is 4.79 Å². The predicted molar refractivity (Wildman–Crippen MR) is 111 cm³/mol. The van der Waals surface area contributed by atoms with Crippen LogP contribution in [-0.2, 0) is 19.0 Å². The van der Waals surface area contributed by atoms with Crippen LogP contribution in [0.5, 0.6) is 0 Å². The van der Waals surface area contributed by atoms with Crippen molar-refractivity contribution in [2.75, 3.05) is 21.3 Å². The molecule has 0 bridgehead atoms. The van der Waals surface area contributed by atoms with Gasteiger partial charge in [0.25, 0.3) is 0 Å². The first kappa shape index (κ1) is 24.2. The SMILES string of the molecule is CCCCCC(/C=C/C1CCC(OC)C1CCCCCCC(=O)OC)OC. The number of allylic oxidation sites excluding steroid dienone is 1. The lowest BCUT2D eigenvalue weighted by molar-refractivity contribution is -0.140. The number of ether oxygens (including phenoxy) is 3. The highest BCUT2D eigenvalue weighted by molar-refractivity contribution is 5.68. The third kappa shape index (κ3) is 9.75. The van der Waals surface area contributed by atoms with Crippen LogP contribution in [0.2, 0.25) is 0 Å². The van der Waals surface area contributed by atoms with Gasteiger partial charge in [-0.1, -0.05) is 57.6 Å². The number of carbonyl (C=O) groups excluding carboxylic acids is 1. The lowest BCUT2D eigenvalue weighted by Crippen LogP contribution is -2.21. The van der Waals surface area contributed by atoms with Gasteiger partial charge >= 0.3 is 5.97 Å². The van der Waals surface area contributed by atoms with Crippen LogP contribution in [0, 0.1) is 11.8 Å². The maximum atomic E-state index is 11.2. The fourth-order valence-electron chi connectivity index (χ4n) is 4.25. The Morgan fingerprint density at radius 3 is 2.48 bits per heavy atom. The normalized spacial score (nSPS) is 23.8. The highest BCUT2D eigenvalue weighted by Crippen LogP contribution is 2.38. The van der Waals surface area contributed by atoms with Crippen LogP contribution < -0.4 is 0 Å². The first-order valence-electron chi connectivity index (χ1n) is 11.0. The van der Waals surface area contributed by atoms with E-state index < -0.39 is 0 Å². The minimum atomic E-state index is -0.0953. The molecule has 4 nitrogen and oxygen atoms in total. The fraction of sp³-hybridized carbons (Fsp3) is 0.870. The van der Waals surface area contributed by atoms with Gasteiger partial charge in [0.15, 0.2) is 0 Å². The molecule has 0 saturated heterocycles. The Balaban J connectivity index is 2.39. The van der Waals surface area contributed by atoms with Crippen molar-refractivity contribution in [2.24, 2.45) is 11.8 Å². The van der Waals surface area contributed by atoms with Gasteiger partial charge in [-0.05, 0) is 43.9 Å². The Hall–Kier alpha value is -0.870. The molecule has 4 heteroatoms. The van der Waals surface area contributed by atoms with Gasteiger partial charge in [-0.2, -0.15) is 0 Å². The van der Waals surface area contributed by atoms with Crippen LogP contribution in [0.1, 0.15) is 84.0 Å². The first-order chi connectivity index (χ1) is 13.2. The summed E-state index contributed by atoms with van der Waals surface area (Å²) in [5.41, 5.74) is 0. The van der Waals surface area contributed by atoms with Crippen LogP contribution in [0.3, 0.4) is 0 Å². The molecule has 0 aromatic heterocycles. The molecule has 0 heterocycles. The number of carbonyl (C=O) groups is 1. The van der Waals surface area contributed by atoms with E-state index in [2.05, 4.69) is 19.1 Å². The van der Waals surface area contributed by atoms with E-state index >= 15 is 0 Å². The minimum Gasteiger partial charge on any atom is -0.469 e. The van der Waals surface area contributed by atoms with Gasteiger partial charge in [-0.25, -0.2) is 0 Å². The molecule has 0 aromatic rings. The summed E-state index contributed by atoms with van der Waals surface area (Å²) in [7, 11) is 5.13. The maximum absolute atomic E-state index is 11.2. The lowest BCUT2D eigenvalue weighted by Gasteiger charge is -2.23. The van der Waals surface area contributed by atoms with E-state index in [4.69, 9.17) is 14.2 Å². The summed E-state index contributed by atoms with van der Waals surface area (Å²) >= 11 is 0. The molecule has 0 radical (unpaired) electrons. The van der Waals surface area contributed by atoms with E-state index in [1.54, 1.807) is 0 Å².